The summed E-state index contributed by atoms with van der Waals surface area (Å²) in [5.41, 5.74) is 2.43. The molecule has 1 aliphatic heterocycles. The third kappa shape index (κ3) is 7.59. The molecule has 2 aromatic carbocycles. The van der Waals surface area contributed by atoms with E-state index in [2.05, 4.69) is 22.9 Å². The van der Waals surface area contributed by atoms with Gasteiger partial charge in [-0.1, -0.05) is 13.0 Å². The van der Waals surface area contributed by atoms with Gasteiger partial charge in [0.15, 0.2) is 0 Å². The van der Waals surface area contributed by atoms with Crippen molar-refractivity contribution in [2.75, 3.05) is 50.5 Å². The van der Waals surface area contributed by atoms with Crippen LogP contribution in [0, 0.1) is 5.92 Å². The summed E-state index contributed by atoms with van der Waals surface area (Å²) < 4.78 is 4.97. The average molecular weight is 467 g/mol. The molecule has 2 aromatic rings. The van der Waals surface area contributed by atoms with Crippen molar-refractivity contribution in [1.29, 1.82) is 0 Å². The van der Waals surface area contributed by atoms with Crippen molar-refractivity contribution in [3.05, 3.63) is 59.7 Å². The number of carbonyl (C=O) groups excluding carboxylic acids is 3. The first-order valence-electron chi connectivity index (χ1n) is 11.8. The maximum atomic E-state index is 12.7. The number of hydrogen-bond acceptors (Lipinski definition) is 5. The number of likely N-dealkylation sites (tertiary alicyclic amines) is 1. The van der Waals surface area contributed by atoms with E-state index < -0.39 is 0 Å². The molecule has 1 aliphatic rings. The van der Waals surface area contributed by atoms with Gasteiger partial charge in [-0.15, -0.1) is 0 Å². The summed E-state index contributed by atoms with van der Waals surface area (Å²) in [5, 5.41) is 8.69. The Hall–Kier alpha value is -3.39. The van der Waals surface area contributed by atoms with Gasteiger partial charge in [-0.25, -0.2) is 0 Å². The summed E-state index contributed by atoms with van der Waals surface area (Å²) in [7, 11) is 1.62. The molecule has 0 radical (unpaired) electrons. The number of ether oxygens (including phenoxy) is 1. The molecule has 1 heterocycles. The molecule has 3 amide bonds. The van der Waals surface area contributed by atoms with Crippen LogP contribution in [0.4, 0.5) is 11.4 Å². The molecule has 0 unspecified atom stereocenters. The Bertz CT molecular complexity index is 969. The standard InChI is InChI=1S/C26H34N4O4/c1-19-11-14-30(15-12-19)26(33)20-7-9-22(10-8-20)28-18-24(31)29-23-6-3-5-21(17-23)25(32)27-13-4-16-34-2/h3,5-10,17,19,28H,4,11-16,18H2,1-2H3,(H,27,32)(H,29,31). The lowest BCUT2D eigenvalue weighted by Gasteiger charge is -2.30. The van der Waals surface area contributed by atoms with Crippen molar-refractivity contribution >= 4 is 29.1 Å². The molecule has 0 aromatic heterocycles. The first-order valence-corrected chi connectivity index (χ1v) is 11.8. The Labute approximate surface area is 201 Å². The third-order valence-corrected chi connectivity index (χ3v) is 5.88. The molecule has 0 bridgehead atoms. The zero-order chi connectivity index (χ0) is 24.3. The lowest BCUT2D eigenvalue weighted by Crippen LogP contribution is -2.37. The summed E-state index contributed by atoms with van der Waals surface area (Å²) in [6.07, 6.45) is 2.82. The van der Waals surface area contributed by atoms with E-state index in [9.17, 15) is 14.4 Å². The van der Waals surface area contributed by atoms with Crippen LogP contribution in [0.5, 0.6) is 0 Å². The lowest BCUT2D eigenvalue weighted by molar-refractivity contribution is -0.114. The predicted molar refractivity (Wildman–Crippen MR) is 133 cm³/mol. The van der Waals surface area contributed by atoms with Crippen LogP contribution in [-0.4, -0.2) is 62.5 Å². The molecular formula is C26H34N4O4. The largest absolute Gasteiger partial charge is 0.385 e. The SMILES string of the molecule is COCCCNC(=O)c1cccc(NC(=O)CNc2ccc(C(=O)N3CCC(C)CC3)cc2)c1. The van der Waals surface area contributed by atoms with Gasteiger partial charge in [0, 0.05) is 55.9 Å². The van der Waals surface area contributed by atoms with Gasteiger partial charge in [0.1, 0.15) is 0 Å². The van der Waals surface area contributed by atoms with Gasteiger partial charge in [-0.3, -0.25) is 14.4 Å². The number of amides is 3. The van der Waals surface area contributed by atoms with Gasteiger partial charge in [0.2, 0.25) is 5.91 Å². The van der Waals surface area contributed by atoms with Crippen LogP contribution in [0.3, 0.4) is 0 Å². The lowest BCUT2D eigenvalue weighted by atomic mass is 9.98. The number of hydrogen-bond donors (Lipinski definition) is 3. The van der Waals surface area contributed by atoms with E-state index >= 15 is 0 Å². The molecule has 3 N–H and O–H groups in total. The second-order valence-corrected chi connectivity index (χ2v) is 8.64. The van der Waals surface area contributed by atoms with Crippen LogP contribution >= 0.6 is 0 Å². The number of nitrogens with zero attached hydrogens (tertiary/aromatic N) is 1. The highest BCUT2D eigenvalue weighted by Gasteiger charge is 2.21. The minimum Gasteiger partial charge on any atom is -0.385 e. The number of benzene rings is 2. The van der Waals surface area contributed by atoms with Crippen LogP contribution < -0.4 is 16.0 Å². The number of nitrogens with one attached hydrogen (secondary N) is 3. The van der Waals surface area contributed by atoms with Crippen molar-refractivity contribution in [3.8, 4) is 0 Å². The highest BCUT2D eigenvalue weighted by atomic mass is 16.5. The minimum atomic E-state index is -0.236. The van der Waals surface area contributed by atoms with Crippen molar-refractivity contribution in [2.45, 2.75) is 26.2 Å². The van der Waals surface area contributed by atoms with E-state index in [0.717, 1.165) is 38.0 Å². The first kappa shape index (κ1) is 25.2. The molecule has 3 rings (SSSR count). The van der Waals surface area contributed by atoms with Crippen molar-refractivity contribution in [2.24, 2.45) is 5.92 Å². The van der Waals surface area contributed by atoms with E-state index in [1.54, 1.807) is 43.5 Å². The second kappa shape index (κ2) is 12.7. The van der Waals surface area contributed by atoms with E-state index in [4.69, 9.17) is 4.74 Å². The molecular weight excluding hydrogens is 432 g/mol. The highest BCUT2D eigenvalue weighted by molar-refractivity contribution is 5.98. The fourth-order valence-electron chi connectivity index (χ4n) is 3.77. The minimum absolute atomic E-state index is 0.0545. The van der Waals surface area contributed by atoms with Crippen LogP contribution in [0.1, 0.15) is 46.9 Å². The molecule has 1 saturated heterocycles. The monoisotopic (exact) mass is 466 g/mol. The number of piperidine rings is 1. The molecule has 34 heavy (non-hydrogen) atoms. The normalized spacial score (nSPS) is 13.9. The summed E-state index contributed by atoms with van der Waals surface area (Å²) in [5.74, 6) is 0.297. The fourth-order valence-corrected chi connectivity index (χ4v) is 3.77. The van der Waals surface area contributed by atoms with Gasteiger partial charge in [-0.2, -0.15) is 0 Å². The zero-order valence-electron chi connectivity index (χ0n) is 19.9. The van der Waals surface area contributed by atoms with E-state index in [-0.39, 0.29) is 24.3 Å². The smallest absolute Gasteiger partial charge is 0.253 e. The number of rotatable bonds is 10. The number of methoxy groups -OCH3 is 1. The van der Waals surface area contributed by atoms with Gasteiger partial charge in [0.25, 0.3) is 11.8 Å². The second-order valence-electron chi connectivity index (χ2n) is 8.64. The summed E-state index contributed by atoms with van der Waals surface area (Å²) in [4.78, 5) is 39.2. The van der Waals surface area contributed by atoms with Crippen molar-refractivity contribution in [1.82, 2.24) is 10.2 Å². The van der Waals surface area contributed by atoms with E-state index in [1.165, 1.54) is 0 Å². The molecule has 0 spiro atoms. The summed E-state index contributed by atoms with van der Waals surface area (Å²) in [6, 6.07) is 14.0. The topological polar surface area (TPSA) is 99.8 Å². The van der Waals surface area contributed by atoms with Gasteiger partial charge < -0.3 is 25.6 Å². The van der Waals surface area contributed by atoms with Gasteiger partial charge in [-0.05, 0) is 67.6 Å². The molecule has 8 nitrogen and oxygen atoms in total. The van der Waals surface area contributed by atoms with Crippen molar-refractivity contribution < 1.29 is 19.1 Å². The molecule has 0 atom stereocenters. The van der Waals surface area contributed by atoms with E-state index in [0.29, 0.717) is 35.9 Å². The third-order valence-electron chi connectivity index (χ3n) is 5.88. The highest BCUT2D eigenvalue weighted by Crippen LogP contribution is 2.19. The van der Waals surface area contributed by atoms with Crippen molar-refractivity contribution in [3.63, 3.8) is 0 Å². The van der Waals surface area contributed by atoms with Crippen LogP contribution in [0.2, 0.25) is 0 Å². The Morgan fingerprint density at radius 1 is 1.00 bits per heavy atom. The van der Waals surface area contributed by atoms with Crippen LogP contribution in [0.15, 0.2) is 48.5 Å². The average Bonchev–Trinajstić information content (AvgIpc) is 2.86. The molecule has 0 aliphatic carbocycles. The van der Waals surface area contributed by atoms with E-state index in [1.807, 2.05) is 17.0 Å². The van der Waals surface area contributed by atoms with Gasteiger partial charge >= 0.3 is 0 Å². The van der Waals surface area contributed by atoms with Crippen LogP contribution in [-0.2, 0) is 9.53 Å². The first-order chi connectivity index (χ1) is 16.5. The summed E-state index contributed by atoms with van der Waals surface area (Å²) in [6.45, 7) is 4.99. The summed E-state index contributed by atoms with van der Waals surface area (Å²) >= 11 is 0. The number of anilines is 2. The number of carbonyl (C=O) groups is 3. The van der Waals surface area contributed by atoms with Gasteiger partial charge in [0.05, 0.1) is 6.54 Å². The molecule has 182 valence electrons. The Balaban J connectivity index is 1.46. The maximum absolute atomic E-state index is 12.7. The zero-order valence-corrected chi connectivity index (χ0v) is 19.9. The predicted octanol–water partition coefficient (Wildman–Crippen LogP) is 3.38. The maximum Gasteiger partial charge on any atom is 0.253 e. The quantitative estimate of drug-likeness (QED) is 0.466. The van der Waals surface area contributed by atoms with Crippen LogP contribution in [0.25, 0.3) is 0 Å². The molecule has 8 heteroatoms. The molecule has 1 fully saturated rings. The Kier molecular flexibility index (Phi) is 9.46. The Morgan fingerprint density at radius 3 is 2.44 bits per heavy atom. The molecule has 0 saturated carbocycles. The Morgan fingerprint density at radius 2 is 1.74 bits per heavy atom. The fraction of sp³-hybridized carbons (Fsp3) is 0.423.